The summed E-state index contributed by atoms with van der Waals surface area (Å²) in [6, 6.07) is 38.8. The molecule has 0 spiro atoms. The Bertz CT molecular complexity index is 2560. The minimum Gasteiger partial charge on any atom is -0.545 e. The molecule has 4 aromatic rings. The number of amides is 2. The molecular formula is C59H74N4O7. The fraction of sp³-hybridized carbons (Fsp3) is 0.390. The summed E-state index contributed by atoms with van der Waals surface area (Å²) < 4.78 is 14.1. The van der Waals surface area contributed by atoms with Crippen molar-refractivity contribution in [2.45, 2.75) is 123 Å². The monoisotopic (exact) mass is 951 g/mol. The van der Waals surface area contributed by atoms with E-state index in [0.717, 1.165) is 51.5 Å². The summed E-state index contributed by atoms with van der Waals surface area (Å²) >= 11 is 0. The van der Waals surface area contributed by atoms with Crippen molar-refractivity contribution in [1.82, 2.24) is 15.2 Å². The van der Waals surface area contributed by atoms with Crippen LogP contribution in [0.25, 0.3) is 33.4 Å². The van der Waals surface area contributed by atoms with Crippen LogP contribution < -0.4 is 30.6 Å². The van der Waals surface area contributed by atoms with Crippen LogP contribution in [-0.2, 0) is 17.8 Å². The molecule has 0 saturated carbocycles. The number of benzene rings is 5. The SMILES string of the molecule is C=CN(Cc1ccccc1)c1ccc2c(-c3ccccc3C(=O)[O-])c3ccc(=[N+](CCOC(=O)NC)Cc4ccccc4)cc-3oc2c1.CCCCCCCCCCCCCCCCCCNC(=O)O. The van der Waals surface area contributed by atoms with Crippen LogP contribution in [0, 0.1) is 0 Å². The van der Waals surface area contributed by atoms with Crippen LogP contribution in [0.3, 0.4) is 0 Å². The summed E-state index contributed by atoms with van der Waals surface area (Å²) in [6.07, 6.45) is 22.0. The molecule has 1 heterocycles. The maximum absolute atomic E-state index is 12.3. The van der Waals surface area contributed by atoms with E-state index in [1.807, 2.05) is 95.9 Å². The van der Waals surface area contributed by atoms with Crippen molar-refractivity contribution in [3.05, 3.63) is 156 Å². The first-order valence-electron chi connectivity index (χ1n) is 25.4. The molecule has 11 nitrogen and oxygen atoms in total. The van der Waals surface area contributed by atoms with Crippen molar-refractivity contribution >= 4 is 34.8 Å². The number of aromatic carboxylic acids is 1. The number of carboxylic acid groups (broad SMARTS) is 2. The zero-order chi connectivity index (χ0) is 49.8. The molecule has 0 unspecified atom stereocenters. The molecule has 3 N–H and O–H groups in total. The lowest BCUT2D eigenvalue weighted by atomic mass is 9.90. The molecule has 4 aromatic carbocycles. The van der Waals surface area contributed by atoms with Gasteiger partial charge in [0.15, 0.2) is 19.7 Å². The smallest absolute Gasteiger partial charge is 0.407 e. The van der Waals surface area contributed by atoms with Gasteiger partial charge in [-0.15, -0.1) is 0 Å². The van der Waals surface area contributed by atoms with Gasteiger partial charge in [-0.3, -0.25) is 0 Å². The van der Waals surface area contributed by atoms with E-state index in [9.17, 15) is 19.5 Å². The molecule has 2 aliphatic rings. The summed E-state index contributed by atoms with van der Waals surface area (Å²) in [7, 11) is 1.52. The Morgan fingerprint density at radius 1 is 0.714 bits per heavy atom. The summed E-state index contributed by atoms with van der Waals surface area (Å²) in [5, 5.41) is 27.2. The van der Waals surface area contributed by atoms with Gasteiger partial charge in [0.2, 0.25) is 5.36 Å². The molecule has 11 heteroatoms. The molecule has 0 bridgehead atoms. The van der Waals surface area contributed by atoms with Gasteiger partial charge in [0.25, 0.3) is 0 Å². The van der Waals surface area contributed by atoms with Crippen molar-refractivity contribution in [3.8, 4) is 22.5 Å². The standard InChI is InChI=1S/C40H35N3O5.C19H39NO2/c1-3-42(26-28-12-6-4-7-13-28)30-18-20-34-36(24-30)48-37-25-31(19-21-35(37)38(34)32-16-10-11-17-33(32)39(44)45)43(22-23-47-40(46)41-2)27-29-14-8-5-9-15-29;1-2-3-4-5-6-7-8-9-10-11-12-13-14-15-16-17-18-20-19(21)22/h3-21,24-25H,1,22-23,26-27H2,2H3,(H-,41,44,45,46);20H,2-18H2,1H3,(H,21,22). The topological polar surface area (TPSA) is 147 Å². The number of hydrogen-bond donors (Lipinski definition) is 3. The highest BCUT2D eigenvalue weighted by Crippen LogP contribution is 2.42. The molecule has 2 amide bonds. The number of hydrogen-bond acceptors (Lipinski definition) is 7. The first-order chi connectivity index (χ1) is 34.2. The molecule has 372 valence electrons. The van der Waals surface area contributed by atoms with E-state index in [1.165, 1.54) is 96.9 Å². The Labute approximate surface area is 415 Å². The van der Waals surface area contributed by atoms with E-state index < -0.39 is 18.2 Å². The Morgan fingerprint density at radius 3 is 1.89 bits per heavy atom. The van der Waals surface area contributed by atoms with Crippen molar-refractivity contribution < 1.29 is 33.8 Å². The lowest BCUT2D eigenvalue weighted by Crippen LogP contribution is -2.34. The quantitative estimate of drug-likeness (QED) is 0.0250. The third kappa shape index (κ3) is 17.9. The van der Waals surface area contributed by atoms with Crippen LogP contribution in [0.2, 0.25) is 0 Å². The van der Waals surface area contributed by atoms with Gasteiger partial charge in [0.1, 0.15) is 11.3 Å². The highest BCUT2D eigenvalue weighted by Gasteiger charge is 2.22. The largest absolute Gasteiger partial charge is 0.545 e. The fourth-order valence-electron chi connectivity index (χ4n) is 8.75. The number of ether oxygens (including phenoxy) is 1. The van der Waals surface area contributed by atoms with Gasteiger partial charge in [0, 0.05) is 65.6 Å². The zero-order valence-corrected chi connectivity index (χ0v) is 41.5. The second-order valence-corrected chi connectivity index (χ2v) is 17.8. The lowest BCUT2D eigenvalue weighted by Gasteiger charge is -2.22. The molecule has 70 heavy (non-hydrogen) atoms. The minimum absolute atomic E-state index is 0.0910. The number of alkyl carbamates (subject to hydrolysis) is 1. The normalized spacial score (nSPS) is 11.3. The van der Waals surface area contributed by atoms with E-state index in [0.29, 0.717) is 43.1 Å². The van der Waals surface area contributed by atoms with Crippen LogP contribution in [-0.4, -0.2) is 50.0 Å². The summed E-state index contributed by atoms with van der Waals surface area (Å²) in [6.45, 7) is 8.71. The van der Waals surface area contributed by atoms with Gasteiger partial charge in [-0.25, -0.2) is 14.2 Å². The van der Waals surface area contributed by atoms with Gasteiger partial charge in [0.05, 0.1) is 12.0 Å². The van der Waals surface area contributed by atoms with Crippen LogP contribution >= 0.6 is 0 Å². The maximum Gasteiger partial charge on any atom is 0.407 e. The Morgan fingerprint density at radius 2 is 1.30 bits per heavy atom. The summed E-state index contributed by atoms with van der Waals surface area (Å²) in [5.41, 5.74) is 5.77. The van der Waals surface area contributed by atoms with Crippen LogP contribution in [0.4, 0.5) is 15.3 Å². The predicted molar refractivity (Wildman–Crippen MR) is 282 cm³/mol. The van der Waals surface area contributed by atoms with Gasteiger partial charge in [-0.2, -0.15) is 0 Å². The molecule has 1 aliphatic heterocycles. The predicted octanol–water partition coefficient (Wildman–Crippen LogP) is 12.6. The number of unbranched alkanes of at least 4 members (excludes halogenated alkanes) is 15. The number of carbonyl (C=O) groups is 3. The number of anilines is 1. The number of fused-ring (bicyclic) bond motifs is 2. The van der Waals surface area contributed by atoms with Crippen LogP contribution in [0.5, 0.6) is 0 Å². The molecule has 0 atom stereocenters. The van der Waals surface area contributed by atoms with Crippen molar-refractivity contribution in [2.75, 3.05) is 31.6 Å². The Kier molecular flexibility index (Phi) is 23.6. The maximum atomic E-state index is 12.3. The average Bonchev–Trinajstić information content (AvgIpc) is 3.38. The number of carbonyl (C=O) groups excluding carboxylic acids is 2. The van der Waals surface area contributed by atoms with E-state index in [1.54, 1.807) is 24.4 Å². The highest BCUT2D eigenvalue weighted by molar-refractivity contribution is 6.07. The van der Waals surface area contributed by atoms with Crippen LogP contribution in [0.1, 0.15) is 131 Å². The Hall–Kier alpha value is -6.88. The molecule has 0 saturated heterocycles. The van der Waals surface area contributed by atoms with Crippen molar-refractivity contribution in [1.29, 1.82) is 0 Å². The number of rotatable bonds is 28. The fourth-order valence-corrected chi connectivity index (χ4v) is 8.75. The summed E-state index contributed by atoms with van der Waals surface area (Å²) in [5.74, 6) is -0.689. The van der Waals surface area contributed by atoms with Crippen molar-refractivity contribution in [3.63, 3.8) is 0 Å². The van der Waals surface area contributed by atoms with E-state index >= 15 is 0 Å². The van der Waals surface area contributed by atoms with Crippen molar-refractivity contribution in [2.24, 2.45) is 0 Å². The molecule has 0 fully saturated rings. The van der Waals surface area contributed by atoms with E-state index in [-0.39, 0.29) is 12.2 Å². The molecule has 0 radical (unpaired) electrons. The van der Waals surface area contributed by atoms with E-state index in [2.05, 4.69) is 40.8 Å². The first-order valence-corrected chi connectivity index (χ1v) is 25.4. The van der Waals surface area contributed by atoms with E-state index in [4.69, 9.17) is 14.3 Å². The molecule has 6 rings (SSSR count). The van der Waals surface area contributed by atoms with Crippen LogP contribution in [0.15, 0.2) is 139 Å². The molecule has 1 aliphatic carbocycles. The Balaban J connectivity index is 0.000000351. The number of carboxylic acids is 1. The lowest BCUT2D eigenvalue weighted by molar-refractivity contribution is -0.254. The third-order valence-electron chi connectivity index (χ3n) is 12.5. The first kappa shape index (κ1) is 54.1. The third-order valence-corrected chi connectivity index (χ3v) is 12.5. The average molecular weight is 951 g/mol. The number of nitrogens with zero attached hydrogens (tertiary/aromatic N) is 2. The molecular weight excluding hydrogens is 877 g/mol. The molecule has 0 aromatic heterocycles. The second-order valence-electron chi connectivity index (χ2n) is 17.8. The van der Waals surface area contributed by atoms with Gasteiger partial charge in [-0.1, -0.05) is 195 Å². The zero-order valence-electron chi connectivity index (χ0n) is 41.5. The van der Waals surface area contributed by atoms with Gasteiger partial charge in [-0.05, 0) is 41.9 Å². The minimum atomic E-state index is -1.26. The number of nitrogens with one attached hydrogen (secondary N) is 2. The highest BCUT2D eigenvalue weighted by atomic mass is 16.5. The van der Waals surface area contributed by atoms with Gasteiger partial charge < -0.3 is 39.7 Å². The second kappa shape index (κ2) is 30.6. The van der Waals surface area contributed by atoms with Gasteiger partial charge >= 0.3 is 12.2 Å². The summed E-state index contributed by atoms with van der Waals surface area (Å²) in [4.78, 5) is 36.4.